The Bertz CT molecular complexity index is 540. The Morgan fingerprint density at radius 3 is 2.20 bits per heavy atom. The summed E-state index contributed by atoms with van der Waals surface area (Å²) in [5.41, 5.74) is 0.888. The van der Waals surface area contributed by atoms with Crippen molar-refractivity contribution in [1.29, 1.82) is 0 Å². The summed E-state index contributed by atoms with van der Waals surface area (Å²) >= 11 is 0. The van der Waals surface area contributed by atoms with E-state index in [9.17, 15) is 9.59 Å². The van der Waals surface area contributed by atoms with Gasteiger partial charge in [0.1, 0.15) is 5.75 Å². The van der Waals surface area contributed by atoms with Crippen molar-refractivity contribution < 1.29 is 14.3 Å². The molecule has 25 heavy (non-hydrogen) atoms. The van der Waals surface area contributed by atoms with Crippen molar-refractivity contribution in [1.82, 2.24) is 10.6 Å². The zero-order valence-corrected chi connectivity index (χ0v) is 16.1. The molecular weight excluding hydrogens is 316 g/mol. The lowest BCUT2D eigenvalue weighted by Crippen LogP contribution is -2.36. The van der Waals surface area contributed by atoms with E-state index in [4.69, 9.17) is 4.74 Å². The van der Waals surface area contributed by atoms with Crippen molar-refractivity contribution in [3.8, 4) is 5.75 Å². The molecule has 0 aromatic heterocycles. The standard InChI is InChI=1S/C20H32N2O3/c1-14(2)7-6-8-15(3)21-20(24)13-19(22-16(4)23)17-9-11-18(25-5)12-10-17/h9-12,14-15,19H,6-8,13H2,1-5H3,(H,21,24)(H,22,23). The van der Waals surface area contributed by atoms with Gasteiger partial charge in [0.05, 0.1) is 19.6 Å². The van der Waals surface area contributed by atoms with E-state index in [1.807, 2.05) is 31.2 Å². The van der Waals surface area contributed by atoms with Crippen molar-refractivity contribution in [2.24, 2.45) is 5.92 Å². The molecule has 2 unspecified atom stereocenters. The molecule has 0 bridgehead atoms. The molecule has 0 aliphatic carbocycles. The lowest BCUT2D eigenvalue weighted by Gasteiger charge is -2.20. The van der Waals surface area contributed by atoms with Crippen molar-refractivity contribution >= 4 is 11.8 Å². The van der Waals surface area contributed by atoms with Crippen molar-refractivity contribution in [2.45, 2.75) is 65.5 Å². The Balaban J connectivity index is 2.61. The molecule has 0 saturated heterocycles. The van der Waals surface area contributed by atoms with E-state index in [1.165, 1.54) is 13.3 Å². The molecule has 0 spiro atoms. The molecule has 0 saturated carbocycles. The predicted molar refractivity (Wildman–Crippen MR) is 100 cm³/mol. The van der Waals surface area contributed by atoms with E-state index < -0.39 is 0 Å². The fourth-order valence-corrected chi connectivity index (χ4v) is 2.76. The average molecular weight is 348 g/mol. The number of amides is 2. The summed E-state index contributed by atoms with van der Waals surface area (Å²) < 4.78 is 5.15. The van der Waals surface area contributed by atoms with E-state index in [0.717, 1.165) is 24.2 Å². The molecule has 0 heterocycles. The Hall–Kier alpha value is -2.04. The van der Waals surface area contributed by atoms with Crippen LogP contribution in [0.4, 0.5) is 0 Å². The first-order valence-electron chi connectivity index (χ1n) is 9.02. The molecule has 5 nitrogen and oxygen atoms in total. The Kier molecular flexibility index (Phi) is 9.03. The molecule has 1 aromatic rings. The lowest BCUT2D eigenvalue weighted by molar-refractivity contribution is -0.123. The second kappa shape index (κ2) is 10.7. The number of carbonyl (C=O) groups excluding carboxylic acids is 2. The maximum Gasteiger partial charge on any atom is 0.222 e. The Morgan fingerprint density at radius 2 is 1.68 bits per heavy atom. The van der Waals surface area contributed by atoms with Crippen LogP contribution in [0.15, 0.2) is 24.3 Å². The molecule has 0 aliphatic rings. The third-order valence-electron chi connectivity index (χ3n) is 4.11. The van der Waals surface area contributed by atoms with E-state index in [1.54, 1.807) is 7.11 Å². The second-order valence-corrected chi connectivity index (χ2v) is 7.02. The van der Waals surface area contributed by atoms with Gasteiger partial charge in [-0.25, -0.2) is 0 Å². The first kappa shape index (κ1) is 21.0. The Morgan fingerprint density at radius 1 is 1.04 bits per heavy atom. The number of rotatable bonds is 10. The molecule has 1 rings (SSSR count). The number of carbonyl (C=O) groups is 2. The number of benzene rings is 1. The highest BCUT2D eigenvalue weighted by atomic mass is 16.5. The summed E-state index contributed by atoms with van der Waals surface area (Å²) in [6, 6.07) is 7.21. The highest BCUT2D eigenvalue weighted by Gasteiger charge is 2.18. The van der Waals surface area contributed by atoms with Gasteiger partial charge in [-0.15, -0.1) is 0 Å². The van der Waals surface area contributed by atoms with Crippen molar-refractivity contribution in [2.75, 3.05) is 7.11 Å². The minimum Gasteiger partial charge on any atom is -0.497 e. The van der Waals surface area contributed by atoms with Gasteiger partial charge < -0.3 is 15.4 Å². The third-order valence-corrected chi connectivity index (χ3v) is 4.11. The highest BCUT2D eigenvalue weighted by Crippen LogP contribution is 2.20. The Labute approximate surface area is 151 Å². The van der Waals surface area contributed by atoms with Crippen LogP contribution in [0.2, 0.25) is 0 Å². The normalized spacial score (nSPS) is 13.2. The van der Waals surface area contributed by atoms with Crippen LogP contribution in [0.1, 0.15) is 65.0 Å². The van der Waals surface area contributed by atoms with Crippen LogP contribution in [0, 0.1) is 5.92 Å². The maximum absolute atomic E-state index is 12.4. The van der Waals surface area contributed by atoms with Gasteiger partial charge >= 0.3 is 0 Å². The summed E-state index contributed by atoms with van der Waals surface area (Å²) in [5, 5.41) is 5.89. The van der Waals surface area contributed by atoms with Gasteiger partial charge in [0.2, 0.25) is 11.8 Å². The van der Waals surface area contributed by atoms with E-state index in [-0.39, 0.29) is 30.3 Å². The third kappa shape index (κ3) is 8.57. The summed E-state index contributed by atoms with van der Waals surface area (Å²) in [6.45, 7) is 7.90. The molecule has 0 aliphatic heterocycles. The molecular formula is C20H32N2O3. The molecule has 2 amide bonds. The summed E-state index contributed by atoms with van der Waals surface area (Å²) in [6.07, 6.45) is 3.46. The molecule has 0 fully saturated rings. The number of hydrogen-bond donors (Lipinski definition) is 2. The summed E-state index contributed by atoms with van der Waals surface area (Å²) in [5.74, 6) is 1.22. The topological polar surface area (TPSA) is 67.4 Å². The molecule has 5 heteroatoms. The van der Waals surface area contributed by atoms with Crippen LogP contribution in [0.25, 0.3) is 0 Å². The monoisotopic (exact) mass is 348 g/mol. The molecule has 140 valence electrons. The van der Waals surface area contributed by atoms with E-state index in [2.05, 4.69) is 24.5 Å². The van der Waals surface area contributed by atoms with Gasteiger partial charge in [0.15, 0.2) is 0 Å². The van der Waals surface area contributed by atoms with E-state index in [0.29, 0.717) is 5.92 Å². The highest BCUT2D eigenvalue weighted by molar-refractivity contribution is 5.79. The minimum absolute atomic E-state index is 0.0494. The van der Waals surface area contributed by atoms with Crippen molar-refractivity contribution in [3.63, 3.8) is 0 Å². The average Bonchev–Trinajstić information content (AvgIpc) is 2.53. The fourth-order valence-electron chi connectivity index (χ4n) is 2.76. The largest absolute Gasteiger partial charge is 0.497 e. The number of ether oxygens (including phenoxy) is 1. The number of hydrogen-bond acceptors (Lipinski definition) is 3. The smallest absolute Gasteiger partial charge is 0.222 e. The molecule has 0 radical (unpaired) electrons. The van der Waals surface area contributed by atoms with Gasteiger partial charge in [-0.1, -0.05) is 38.8 Å². The quantitative estimate of drug-likeness (QED) is 0.679. The van der Waals surface area contributed by atoms with Crippen LogP contribution >= 0.6 is 0 Å². The second-order valence-electron chi connectivity index (χ2n) is 7.02. The first-order chi connectivity index (χ1) is 11.8. The van der Waals surface area contributed by atoms with Crippen LogP contribution in [0.3, 0.4) is 0 Å². The number of methoxy groups -OCH3 is 1. The van der Waals surface area contributed by atoms with Crippen LogP contribution in [0.5, 0.6) is 5.75 Å². The van der Waals surface area contributed by atoms with Gasteiger partial charge in [0.25, 0.3) is 0 Å². The van der Waals surface area contributed by atoms with Crippen LogP contribution < -0.4 is 15.4 Å². The first-order valence-corrected chi connectivity index (χ1v) is 9.02. The SMILES string of the molecule is COc1ccc(C(CC(=O)NC(C)CCCC(C)C)NC(C)=O)cc1. The zero-order chi connectivity index (χ0) is 18.8. The minimum atomic E-state index is -0.341. The lowest BCUT2D eigenvalue weighted by atomic mass is 10.0. The van der Waals surface area contributed by atoms with Gasteiger partial charge in [-0.3, -0.25) is 9.59 Å². The van der Waals surface area contributed by atoms with Gasteiger partial charge in [0, 0.05) is 13.0 Å². The predicted octanol–water partition coefficient (Wildman–Crippen LogP) is 3.59. The molecule has 2 N–H and O–H groups in total. The van der Waals surface area contributed by atoms with Crippen LogP contribution in [-0.4, -0.2) is 25.0 Å². The fraction of sp³-hybridized carbons (Fsp3) is 0.600. The molecule has 1 aromatic carbocycles. The summed E-state index contributed by atoms with van der Waals surface area (Å²) in [7, 11) is 1.61. The maximum atomic E-state index is 12.4. The zero-order valence-electron chi connectivity index (χ0n) is 16.1. The van der Waals surface area contributed by atoms with E-state index >= 15 is 0 Å². The molecule has 2 atom stereocenters. The van der Waals surface area contributed by atoms with Crippen LogP contribution in [-0.2, 0) is 9.59 Å². The summed E-state index contributed by atoms with van der Waals surface area (Å²) in [4.78, 5) is 23.8. The number of nitrogens with one attached hydrogen (secondary N) is 2. The van der Waals surface area contributed by atoms with Crippen molar-refractivity contribution in [3.05, 3.63) is 29.8 Å². The van der Waals surface area contributed by atoms with Gasteiger partial charge in [-0.2, -0.15) is 0 Å². The van der Waals surface area contributed by atoms with Gasteiger partial charge in [-0.05, 0) is 37.0 Å².